The number of anilines is 1. The number of aryl methyl sites for hydroxylation is 1. The molecule has 0 aliphatic heterocycles. The van der Waals surface area contributed by atoms with E-state index in [1.54, 1.807) is 31.2 Å². The molecule has 0 bridgehead atoms. The second-order valence-corrected chi connectivity index (χ2v) is 9.46. The summed E-state index contributed by atoms with van der Waals surface area (Å²) in [6.45, 7) is 8.40. The molecule has 6 nitrogen and oxygen atoms in total. The number of unbranched alkanes of at least 4 members (excludes halogenated alkanes) is 1. The molecular formula is C23H32N2O4S. The van der Waals surface area contributed by atoms with Gasteiger partial charge in [-0.05, 0) is 67.6 Å². The quantitative estimate of drug-likeness (QED) is 0.552. The van der Waals surface area contributed by atoms with Gasteiger partial charge in [0.25, 0.3) is 15.9 Å². The summed E-state index contributed by atoms with van der Waals surface area (Å²) in [5, 5.41) is 2.81. The third-order valence-electron chi connectivity index (χ3n) is 4.53. The molecule has 0 aliphatic carbocycles. The number of hydrogen-bond acceptors (Lipinski definition) is 4. The van der Waals surface area contributed by atoms with Crippen molar-refractivity contribution in [2.45, 2.75) is 58.0 Å². The molecule has 1 amide bonds. The summed E-state index contributed by atoms with van der Waals surface area (Å²) in [4.78, 5) is 12.1. The fourth-order valence-electron chi connectivity index (χ4n) is 2.74. The molecule has 0 heterocycles. The SMILES string of the molecule is CCCCc1ccc(NS(=O)(=O)c2ccc(O[C@@H](C)C(=O)NCC(C)C)cc2)cc1. The molecule has 0 radical (unpaired) electrons. The minimum atomic E-state index is -3.71. The maximum absolute atomic E-state index is 12.6. The number of sulfonamides is 1. The first-order valence-corrected chi connectivity index (χ1v) is 11.9. The number of hydrogen-bond donors (Lipinski definition) is 2. The zero-order chi connectivity index (χ0) is 22.1. The normalized spacial score (nSPS) is 12.4. The number of ether oxygens (including phenoxy) is 1. The molecule has 2 N–H and O–H groups in total. The van der Waals surface area contributed by atoms with Crippen LogP contribution in [0.5, 0.6) is 5.75 Å². The van der Waals surface area contributed by atoms with E-state index in [1.807, 2.05) is 26.0 Å². The maximum Gasteiger partial charge on any atom is 0.261 e. The molecule has 164 valence electrons. The zero-order valence-corrected chi connectivity index (χ0v) is 19.0. The Morgan fingerprint density at radius 3 is 2.20 bits per heavy atom. The number of nitrogens with one attached hydrogen (secondary N) is 2. The van der Waals surface area contributed by atoms with E-state index in [0.717, 1.165) is 19.3 Å². The van der Waals surface area contributed by atoms with Gasteiger partial charge in [-0.1, -0.05) is 39.3 Å². The number of rotatable bonds is 11. The Bertz CT molecular complexity index is 907. The van der Waals surface area contributed by atoms with Crippen LogP contribution in [-0.2, 0) is 21.2 Å². The topological polar surface area (TPSA) is 84.5 Å². The Hall–Kier alpha value is -2.54. The smallest absolute Gasteiger partial charge is 0.261 e. The molecular weight excluding hydrogens is 400 g/mol. The average molecular weight is 433 g/mol. The predicted octanol–water partition coefficient (Wildman–Crippen LogP) is 4.37. The van der Waals surface area contributed by atoms with Gasteiger partial charge in [-0.25, -0.2) is 8.42 Å². The van der Waals surface area contributed by atoms with E-state index in [2.05, 4.69) is 17.0 Å². The van der Waals surface area contributed by atoms with Gasteiger partial charge in [-0.2, -0.15) is 0 Å². The van der Waals surface area contributed by atoms with Gasteiger partial charge in [0.15, 0.2) is 6.10 Å². The first-order chi connectivity index (χ1) is 14.2. The second-order valence-electron chi connectivity index (χ2n) is 7.78. The van der Waals surface area contributed by atoms with Gasteiger partial charge in [0.05, 0.1) is 4.90 Å². The molecule has 0 saturated carbocycles. The standard InChI is InChI=1S/C23H32N2O4S/c1-5-6-7-19-8-10-20(11-9-19)25-30(27,28)22-14-12-21(13-15-22)29-18(4)23(26)24-16-17(2)3/h8-15,17-18,25H,5-7,16H2,1-4H3,(H,24,26)/t18-/m0/s1. The van der Waals surface area contributed by atoms with Crippen molar-refractivity contribution in [3.63, 3.8) is 0 Å². The Morgan fingerprint density at radius 1 is 1.00 bits per heavy atom. The van der Waals surface area contributed by atoms with Crippen LogP contribution in [0.15, 0.2) is 53.4 Å². The molecule has 2 rings (SSSR count). The van der Waals surface area contributed by atoms with Crippen molar-refractivity contribution in [2.24, 2.45) is 5.92 Å². The molecule has 0 aromatic heterocycles. The van der Waals surface area contributed by atoms with E-state index in [4.69, 9.17) is 4.74 Å². The highest BCUT2D eigenvalue weighted by atomic mass is 32.2. The lowest BCUT2D eigenvalue weighted by atomic mass is 10.1. The Labute approximate surface area is 180 Å². The van der Waals surface area contributed by atoms with Gasteiger partial charge < -0.3 is 10.1 Å². The summed E-state index contributed by atoms with van der Waals surface area (Å²) >= 11 is 0. The van der Waals surface area contributed by atoms with Crippen LogP contribution in [0, 0.1) is 5.92 Å². The fourth-order valence-corrected chi connectivity index (χ4v) is 3.80. The molecule has 0 spiro atoms. The Balaban J connectivity index is 1.98. The molecule has 1 atom stereocenters. The largest absolute Gasteiger partial charge is 0.481 e. The molecule has 7 heteroatoms. The third-order valence-corrected chi connectivity index (χ3v) is 5.92. The van der Waals surface area contributed by atoms with Crippen molar-refractivity contribution < 1.29 is 17.9 Å². The molecule has 0 aliphatic rings. The lowest BCUT2D eigenvalue weighted by molar-refractivity contribution is -0.127. The minimum absolute atomic E-state index is 0.127. The summed E-state index contributed by atoms with van der Waals surface area (Å²) in [6, 6.07) is 13.5. The van der Waals surface area contributed by atoms with Crippen LogP contribution >= 0.6 is 0 Å². The van der Waals surface area contributed by atoms with Crippen LogP contribution in [0.3, 0.4) is 0 Å². The predicted molar refractivity (Wildman–Crippen MR) is 120 cm³/mol. The Morgan fingerprint density at radius 2 is 1.63 bits per heavy atom. The van der Waals surface area contributed by atoms with Gasteiger partial charge in [0.2, 0.25) is 0 Å². The number of carbonyl (C=O) groups is 1. The highest BCUT2D eigenvalue weighted by Crippen LogP contribution is 2.21. The molecule has 0 fully saturated rings. The summed E-state index contributed by atoms with van der Waals surface area (Å²) < 4.78 is 33.5. The van der Waals surface area contributed by atoms with Crippen molar-refractivity contribution in [3.8, 4) is 5.75 Å². The number of carbonyl (C=O) groups excluding carboxylic acids is 1. The van der Waals surface area contributed by atoms with E-state index in [9.17, 15) is 13.2 Å². The highest BCUT2D eigenvalue weighted by molar-refractivity contribution is 7.92. The minimum Gasteiger partial charge on any atom is -0.481 e. The van der Waals surface area contributed by atoms with Crippen LogP contribution in [-0.4, -0.2) is 27.0 Å². The molecule has 2 aromatic carbocycles. The van der Waals surface area contributed by atoms with Crippen molar-refractivity contribution in [1.29, 1.82) is 0 Å². The molecule has 0 unspecified atom stereocenters. The third kappa shape index (κ3) is 7.37. The highest BCUT2D eigenvalue weighted by Gasteiger charge is 2.17. The lowest BCUT2D eigenvalue weighted by Gasteiger charge is -2.16. The monoisotopic (exact) mass is 432 g/mol. The van der Waals surface area contributed by atoms with Crippen molar-refractivity contribution in [3.05, 3.63) is 54.1 Å². The van der Waals surface area contributed by atoms with Gasteiger partial charge in [0.1, 0.15) is 5.75 Å². The van der Waals surface area contributed by atoms with Gasteiger partial charge in [-0.3, -0.25) is 9.52 Å². The van der Waals surface area contributed by atoms with E-state index >= 15 is 0 Å². The molecule has 0 saturated heterocycles. The zero-order valence-electron chi connectivity index (χ0n) is 18.1. The first-order valence-electron chi connectivity index (χ1n) is 10.4. The average Bonchev–Trinajstić information content (AvgIpc) is 2.71. The molecule has 30 heavy (non-hydrogen) atoms. The maximum atomic E-state index is 12.6. The Kier molecular flexibility index (Phi) is 8.72. The van der Waals surface area contributed by atoms with Crippen molar-refractivity contribution >= 4 is 21.6 Å². The number of benzene rings is 2. The van der Waals surface area contributed by atoms with Gasteiger partial charge in [-0.15, -0.1) is 0 Å². The van der Waals surface area contributed by atoms with E-state index in [-0.39, 0.29) is 10.8 Å². The van der Waals surface area contributed by atoms with Crippen molar-refractivity contribution in [2.75, 3.05) is 11.3 Å². The van der Waals surface area contributed by atoms with Crippen LogP contribution < -0.4 is 14.8 Å². The van der Waals surface area contributed by atoms with E-state index < -0.39 is 16.1 Å². The second kappa shape index (κ2) is 11.0. The van der Waals surface area contributed by atoms with E-state index in [0.29, 0.717) is 23.9 Å². The molecule has 2 aromatic rings. The van der Waals surface area contributed by atoms with E-state index in [1.165, 1.54) is 17.7 Å². The lowest BCUT2D eigenvalue weighted by Crippen LogP contribution is -2.38. The van der Waals surface area contributed by atoms with Crippen LogP contribution in [0.4, 0.5) is 5.69 Å². The summed E-state index contributed by atoms with van der Waals surface area (Å²) in [7, 11) is -3.71. The first kappa shape index (κ1) is 23.7. The summed E-state index contributed by atoms with van der Waals surface area (Å²) in [5.74, 6) is 0.580. The summed E-state index contributed by atoms with van der Waals surface area (Å²) in [5.41, 5.74) is 1.71. The summed E-state index contributed by atoms with van der Waals surface area (Å²) in [6.07, 6.45) is 2.54. The fraction of sp³-hybridized carbons (Fsp3) is 0.435. The van der Waals surface area contributed by atoms with Crippen LogP contribution in [0.25, 0.3) is 0 Å². The van der Waals surface area contributed by atoms with Gasteiger partial charge in [0, 0.05) is 12.2 Å². The van der Waals surface area contributed by atoms with Crippen LogP contribution in [0.2, 0.25) is 0 Å². The number of amides is 1. The van der Waals surface area contributed by atoms with Gasteiger partial charge >= 0.3 is 0 Å². The van der Waals surface area contributed by atoms with Crippen molar-refractivity contribution in [1.82, 2.24) is 5.32 Å². The van der Waals surface area contributed by atoms with Crippen LogP contribution in [0.1, 0.15) is 46.1 Å².